The van der Waals surface area contributed by atoms with Crippen molar-refractivity contribution in [2.24, 2.45) is 0 Å². The summed E-state index contributed by atoms with van der Waals surface area (Å²) >= 11 is 0. The standard InChI is InChI=1S/C14H16N4O2.ClH/c19-11-7-13(15-8-11)14(20)17-10-3-1-2-9(6-10)12-4-5-16-18-12;/h1-6,11,13,15,19H,7-8H2,(H,16,18)(H,17,20);1H. The van der Waals surface area contributed by atoms with Gasteiger partial charge in [-0.3, -0.25) is 9.89 Å². The van der Waals surface area contributed by atoms with Gasteiger partial charge in [0.25, 0.3) is 0 Å². The lowest BCUT2D eigenvalue weighted by atomic mass is 10.1. The molecule has 21 heavy (non-hydrogen) atoms. The van der Waals surface area contributed by atoms with E-state index in [1.165, 1.54) is 0 Å². The number of carbonyl (C=O) groups is 1. The Morgan fingerprint density at radius 3 is 2.90 bits per heavy atom. The number of amides is 1. The summed E-state index contributed by atoms with van der Waals surface area (Å²) in [6, 6.07) is 9.08. The molecule has 2 atom stereocenters. The molecule has 1 aliphatic rings. The average molecular weight is 309 g/mol. The lowest BCUT2D eigenvalue weighted by Gasteiger charge is -2.11. The molecule has 7 heteroatoms. The van der Waals surface area contributed by atoms with Gasteiger partial charge in [-0.25, -0.2) is 0 Å². The van der Waals surface area contributed by atoms with Gasteiger partial charge in [0, 0.05) is 24.0 Å². The van der Waals surface area contributed by atoms with Crippen molar-refractivity contribution in [1.29, 1.82) is 0 Å². The lowest BCUT2D eigenvalue weighted by molar-refractivity contribution is -0.117. The van der Waals surface area contributed by atoms with Gasteiger partial charge in [-0.15, -0.1) is 12.4 Å². The lowest BCUT2D eigenvalue weighted by Crippen LogP contribution is -2.35. The molecule has 6 nitrogen and oxygen atoms in total. The normalized spacial score (nSPS) is 20.8. The fourth-order valence-electron chi connectivity index (χ4n) is 2.33. The third kappa shape index (κ3) is 3.60. The molecule has 1 amide bonds. The van der Waals surface area contributed by atoms with Crippen LogP contribution in [0.3, 0.4) is 0 Å². The molecule has 0 spiro atoms. The Hall–Kier alpha value is -1.89. The summed E-state index contributed by atoms with van der Waals surface area (Å²) in [6.45, 7) is 0.465. The van der Waals surface area contributed by atoms with Crippen LogP contribution >= 0.6 is 12.4 Å². The van der Waals surface area contributed by atoms with Crippen LogP contribution in [0, 0.1) is 0 Å². The van der Waals surface area contributed by atoms with Crippen LogP contribution in [0.5, 0.6) is 0 Å². The summed E-state index contributed by atoms with van der Waals surface area (Å²) in [4.78, 5) is 12.1. The van der Waals surface area contributed by atoms with E-state index in [1.54, 1.807) is 6.20 Å². The smallest absolute Gasteiger partial charge is 0.241 e. The number of rotatable bonds is 3. The number of H-pyrrole nitrogens is 1. The molecule has 3 rings (SSSR count). The number of hydrogen-bond acceptors (Lipinski definition) is 4. The molecule has 0 radical (unpaired) electrons. The summed E-state index contributed by atoms with van der Waals surface area (Å²) in [5.41, 5.74) is 2.58. The summed E-state index contributed by atoms with van der Waals surface area (Å²) in [5.74, 6) is -0.122. The Balaban J connectivity index is 0.00000161. The zero-order valence-electron chi connectivity index (χ0n) is 11.2. The highest BCUT2D eigenvalue weighted by atomic mass is 35.5. The number of aromatic amines is 1. The fourth-order valence-corrected chi connectivity index (χ4v) is 2.33. The summed E-state index contributed by atoms with van der Waals surface area (Å²) < 4.78 is 0. The minimum atomic E-state index is -0.443. The fraction of sp³-hybridized carbons (Fsp3) is 0.286. The van der Waals surface area contributed by atoms with Gasteiger partial charge >= 0.3 is 0 Å². The monoisotopic (exact) mass is 308 g/mol. The number of nitrogens with one attached hydrogen (secondary N) is 3. The highest BCUT2D eigenvalue weighted by molar-refractivity contribution is 5.95. The molecule has 1 saturated heterocycles. The van der Waals surface area contributed by atoms with E-state index >= 15 is 0 Å². The Labute approximate surface area is 128 Å². The molecule has 0 aliphatic carbocycles. The number of benzene rings is 1. The Bertz CT molecular complexity index is 603. The van der Waals surface area contributed by atoms with Crippen molar-refractivity contribution < 1.29 is 9.90 Å². The quantitative estimate of drug-likeness (QED) is 0.685. The molecule has 112 valence electrons. The van der Waals surface area contributed by atoms with Gasteiger partial charge in [-0.1, -0.05) is 12.1 Å². The number of aliphatic hydroxyl groups excluding tert-OH is 1. The maximum absolute atomic E-state index is 12.1. The number of hydrogen-bond donors (Lipinski definition) is 4. The van der Waals surface area contributed by atoms with Gasteiger partial charge in [0.1, 0.15) is 0 Å². The van der Waals surface area contributed by atoms with Gasteiger partial charge in [0.15, 0.2) is 0 Å². The van der Waals surface area contributed by atoms with E-state index in [0.717, 1.165) is 16.9 Å². The number of aliphatic hydroxyl groups is 1. The van der Waals surface area contributed by atoms with Gasteiger partial charge in [-0.05, 0) is 24.6 Å². The van der Waals surface area contributed by atoms with Crippen molar-refractivity contribution in [2.75, 3.05) is 11.9 Å². The van der Waals surface area contributed by atoms with Crippen molar-refractivity contribution in [1.82, 2.24) is 15.5 Å². The van der Waals surface area contributed by atoms with E-state index in [4.69, 9.17) is 0 Å². The maximum atomic E-state index is 12.1. The third-order valence-corrected chi connectivity index (χ3v) is 3.37. The van der Waals surface area contributed by atoms with E-state index < -0.39 is 6.10 Å². The van der Waals surface area contributed by atoms with E-state index in [2.05, 4.69) is 20.8 Å². The first-order chi connectivity index (χ1) is 9.72. The number of nitrogens with zero attached hydrogens (tertiary/aromatic N) is 1. The Morgan fingerprint density at radius 1 is 1.38 bits per heavy atom. The van der Waals surface area contributed by atoms with Crippen LogP contribution in [0.4, 0.5) is 5.69 Å². The number of anilines is 1. The molecule has 2 unspecified atom stereocenters. The van der Waals surface area contributed by atoms with Crippen LogP contribution in [0.25, 0.3) is 11.3 Å². The van der Waals surface area contributed by atoms with E-state index in [-0.39, 0.29) is 24.4 Å². The highest BCUT2D eigenvalue weighted by Gasteiger charge is 2.27. The van der Waals surface area contributed by atoms with E-state index in [0.29, 0.717) is 13.0 Å². The largest absolute Gasteiger partial charge is 0.392 e. The molecule has 0 bridgehead atoms. The number of halogens is 1. The van der Waals surface area contributed by atoms with Crippen LogP contribution in [0.1, 0.15) is 6.42 Å². The minimum Gasteiger partial charge on any atom is -0.392 e. The molecule has 1 aliphatic heterocycles. The first kappa shape index (κ1) is 15.5. The van der Waals surface area contributed by atoms with Crippen LogP contribution in [-0.2, 0) is 4.79 Å². The zero-order valence-corrected chi connectivity index (χ0v) is 12.1. The Morgan fingerprint density at radius 2 is 2.24 bits per heavy atom. The predicted molar refractivity (Wildman–Crippen MR) is 82.3 cm³/mol. The molecule has 1 fully saturated rings. The second-order valence-corrected chi connectivity index (χ2v) is 4.89. The molecule has 1 aromatic heterocycles. The number of carbonyl (C=O) groups excluding carboxylic acids is 1. The molecule has 1 aromatic carbocycles. The SMILES string of the molecule is Cl.O=C(Nc1cccc(-c2ccn[nH]2)c1)C1CC(O)CN1. The number of aromatic nitrogens is 2. The van der Waals surface area contributed by atoms with E-state index in [9.17, 15) is 9.90 Å². The second-order valence-electron chi connectivity index (χ2n) is 4.89. The molecule has 2 aromatic rings. The van der Waals surface area contributed by atoms with Crippen LogP contribution < -0.4 is 10.6 Å². The molecule has 2 heterocycles. The molecule has 0 saturated carbocycles. The summed E-state index contributed by atoms with van der Waals surface area (Å²) in [7, 11) is 0. The van der Waals surface area contributed by atoms with Gasteiger partial charge < -0.3 is 15.7 Å². The molecule has 4 N–H and O–H groups in total. The number of β-amino-alcohol motifs (C(OH)–C–C–N with tert-alkyl or cyclic N) is 1. The van der Waals surface area contributed by atoms with Crippen molar-refractivity contribution in [3.63, 3.8) is 0 Å². The first-order valence-corrected chi connectivity index (χ1v) is 6.54. The van der Waals surface area contributed by atoms with Gasteiger partial charge in [0.2, 0.25) is 5.91 Å². The van der Waals surface area contributed by atoms with E-state index in [1.807, 2.05) is 30.3 Å². The topological polar surface area (TPSA) is 90.0 Å². The minimum absolute atomic E-state index is 0. The average Bonchev–Trinajstić information content (AvgIpc) is 3.10. The summed E-state index contributed by atoms with van der Waals surface area (Å²) in [6.07, 6.45) is 1.69. The second kappa shape index (κ2) is 6.71. The third-order valence-electron chi connectivity index (χ3n) is 3.37. The highest BCUT2D eigenvalue weighted by Crippen LogP contribution is 2.20. The predicted octanol–water partition coefficient (Wildman–Crippen LogP) is 1.16. The Kier molecular flexibility index (Phi) is 4.95. The zero-order chi connectivity index (χ0) is 13.9. The molecular formula is C14H17ClN4O2. The van der Waals surface area contributed by atoms with Crippen molar-refractivity contribution >= 4 is 24.0 Å². The maximum Gasteiger partial charge on any atom is 0.241 e. The van der Waals surface area contributed by atoms with Crippen molar-refractivity contribution in [3.05, 3.63) is 36.5 Å². The van der Waals surface area contributed by atoms with Crippen molar-refractivity contribution in [3.8, 4) is 11.3 Å². The summed E-state index contributed by atoms with van der Waals surface area (Å²) in [5, 5.41) is 22.1. The van der Waals surface area contributed by atoms with Gasteiger partial charge in [0.05, 0.1) is 17.8 Å². The first-order valence-electron chi connectivity index (χ1n) is 6.54. The van der Waals surface area contributed by atoms with Crippen LogP contribution in [0.2, 0.25) is 0 Å². The van der Waals surface area contributed by atoms with Crippen LogP contribution in [-0.4, -0.2) is 39.9 Å². The van der Waals surface area contributed by atoms with Crippen molar-refractivity contribution in [2.45, 2.75) is 18.6 Å². The molecular weight excluding hydrogens is 292 g/mol. The van der Waals surface area contributed by atoms with Gasteiger partial charge in [-0.2, -0.15) is 5.10 Å². The van der Waals surface area contributed by atoms with Crippen LogP contribution in [0.15, 0.2) is 36.5 Å².